The highest BCUT2D eigenvalue weighted by Crippen LogP contribution is 2.12. The van der Waals surface area contributed by atoms with Crippen LogP contribution in [-0.2, 0) is 16.0 Å². The number of hydrogen-bond donors (Lipinski definition) is 1. The summed E-state index contributed by atoms with van der Waals surface area (Å²) in [5.74, 6) is -0.983. The number of aliphatic carboxylic acids is 1. The average Bonchev–Trinajstić information content (AvgIpc) is 2.35. The molecule has 5 nitrogen and oxygen atoms in total. The Kier molecular flexibility index (Phi) is 5.48. The number of pyridine rings is 1. The van der Waals surface area contributed by atoms with Gasteiger partial charge in [0.05, 0.1) is 6.42 Å². The van der Waals surface area contributed by atoms with Crippen molar-refractivity contribution in [2.24, 2.45) is 5.92 Å². The summed E-state index contributed by atoms with van der Waals surface area (Å²) in [6.07, 6.45) is 2.18. The zero-order valence-corrected chi connectivity index (χ0v) is 11.5. The summed E-state index contributed by atoms with van der Waals surface area (Å²) in [6, 6.07) is 4.55. The first-order valence-electron chi connectivity index (χ1n) is 6.30. The van der Waals surface area contributed by atoms with Crippen LogP contribution in [0.2, 0.25) is 0 Å². The number of carbonyl (C=O) groups excluding carboxylic acids is 1. The van der Waals surface area contributed by atoms with Crippen molar-refractivity contribution in [3.8, 4) is 0 Å². The van der Waals surface area contributed by atoms with Crippen molar-refractivity contribution in [2.45, 2.75) is 32.7 Å². The van der Waals surface area contributed by atoms with E-state index in [1.807, 2.05) is 13.8 Å². The lowest BCUT2D eigenvalue weighted by molar-refractivity contribution is -0.149. The van der Waals surface area contributed by atoms with Gasteiger partial charge in [0.1, 0.15) is 6.04 Å². The fraction of sp³-hybridized carbons (Fsp3) is 0.500. The topological polar surface area (TPSA) is 70.5 Å². The molecule has 1 atom stereocenters. The number of nitrogens with zero attached hydrogens (tertiary/aromatic N) is 2. The van der Waals surface area contributed by atoms with E-state index in [0.29, 0.717) is 12.1 Å². The molecule has 1 heterocycles. The van der Waals surface area contributed by atoms with Crippen molar-refractivity contribution in [3.63, 3.8) is 0 Å². The molecule has 5 heteroatoms. The van der Waals surface area contributed by atoms with Crippen LogP contribution in [0.25, 0.3) is 0 Å². The number of carbonyl (C=O) groups is 2. The Balaban J connectivity index is 2.71. The highest BCUT2D eigenvalue weighted by Gasteiger charge is 2.27. The zero-order chi connectivity index (χ0) is 14.4. The molecule has 0 aliphatic heterocycles. The van der Waals surface area contributed by atoms with Gasteiger partial charge in [0.15, 0.2) is 0 Å². The Labute approximate surface area is 113 Å². The molecule has 0 saturated heterocycles. The highest BCUT2D eigenvalue weighted by atomic mass is 16.4. The molecule has 0 aromatic carbocycles. The van der Waals surface area contributed by atoms with Crippen molar-refractivity contribution in [1.29, 1.82) is 0 Å². The Hall–Kier alpha value is -1.91. The Bertz CT molecular complexity index is 432. The predicted octanol–water partition coefficient (Wildman–Crippen LogP) is 1.58. The number of hydrogen-bond acceptors (Lipinski definition) is 3. The molecule has 104 valence electrons. The van der Waals surface area contributed by atoms with Crippen LogP contribution in [0.15, 0.2) is 24.4 Å². The summed E-state index contributed by atoms with van der Waals surface area (Å²) in [7, 11) is 1.53. The Morgan fingerprint density at radius 3 is 2.53 bits per heavy atom. The van der Waals surface area contributed by atoms with E-state index in [1.54, 1.807) is 24.4 Å². The van der Waals surface area contributed by atoms with Crippen molar-refractivity contribution < 1.29 is 14.7 Å². The smallest absolute Gasteiger partial charge is 0.326 e. The number of carboxylic acid groups (broad SMARTS) is 1. The molecule has 1 N–H and O–H groups in total. The minimum Gasteiger partial charge on any atom is -0.480 e. The number of amides is 1. The molecule has 1 amide bonds. The average molecular weight is 264 g/mol. The summed E-state index contributed by atoms with van der Waals surface area (Å²) < 4.78 is 0. The number of carboxylic acids is 1. The summed E-state index contributed by atoms with van der Waals surface area (Å²) >= 11 is 0. The third kappa shape index (κ3) is 4.69. The van der Waals surface area contributed by atoms with E-state index in [-0.39, 0.29) is 18.2 Å². The molecule has 1 aromatic heterocycles. The van der Waals surface area contributed by atoms with Crippen LogP contribution in [0.3, 0.4) is 0 Å². The van der Waals surface area contributed by atoms with Gasteiger partial charge in [-0.3, -0.25) is 9.78 Å². The lowest BCUT2D eigenvalue weighted by atomic mass is 10.0. The first kappa shape index (κ1) is 15.1. The molecule has 0 fully saturated rings. The second-order valence-corrected chi connectivity index (χ2v) is 4.99. The lowest BCUT2D eigenvalue weighted by Crippen LogP contribution is -2.43. The van der Waals surface area contributed by atoms with Gasteiger partial charge in [-0.2, -0.15) is 0 Å². The zero-order valence-electron chi connectivity index (χ0n) is 11.5. The van der Waals surface area contributed by atoms with E-state index in [2.05, 4.69) is 4.98 Å². The van der Waals surface area contributed by atoms with E-state index in [0.717, 1.165) is 0 Å². The molecule has 0 saturated carbocycles. The van der Waals surface area contributed by atoms with Gasteiger partial charge < -0.3 is 10.0 Å². The van der Waals surface area contributed by atoms with E-state index in [1.165, 1.54) is 11.9 Å². The van der Waals surface area contributed by atoms with E-state index in [4.69, 9.17) is 0 Å². The first-order valence-corrected chi connectivity index (χ1v) is 6.30. The molecular formula is C14H20N2O3. The van der Waals surface area contributed by atoms with Gasteiger partial charge in [0, 0.05) is 18.9 Å². The van der Waals surface area contributed by atoms with Crippen LogP contribution in [0.4, 0.5) is 0 Å². The lowest BCUT2D eigenvalue weighted by Gasteiger charge is -2.26. The van der Waals surface area contributed by atoms with Gasteiger partial charge in [-0.15, -0.1) is 0 Å². The van der Waals surface area contributed by atoms with Crippen LogP contribution in [0, 0.1) is 5.92 Å². The minimum absolute atomic E-state index is 0.124. The second kappa shape index (κ2) is 6.87. The molecule has 1 aromatic rings. The normalized spacial score (nSPS) is 12.2. The quantitative estimate of drug-likeness (QED) is 0.847. The third-order valence-corrected chi connectivity index (χ3v) is 2.90. The summed E-state index contributed by atoms with van der Waals surface area (Å²) in [5, 5.41) is 9.20. The SMILES string of the molecule is CC(C)CC(C(=O)O)N(C)C(=O)Cc1ccccn1. The summed E-state index contributed by atoms with van der Waals surface area (Å²) in [5.41, 5.74) is 0.646. The third-order valence-electron chi connectivity index (χ3n) is 2.90. The van der Waals surface area contributed by atoms with Crippen LogP contribution in [0.5, 0.6) is 0 Å². The fourth-order valence-corrected chi connectivity index (χ4v) is 1.83. The molecule has 0 aliphatic carbocycles. The second-order valence-electron chi connectivity index (χ2n) is 4.99. The summed E-state index contributed by atoms with van der Waals surface area (Å²) in [6.45, 7) is 3.88. The van der Waals surface area contributed by atoms with E-state index < -0.39 is 12.0 Å². The number of aromatic nitrogens is 1. The molecule has 0 aliphatic rings. The molecule has 19 heavy (non-hydrogen) atoms. The number of rotatable bonds is 6. The molecular weight excluding hydrogens is 244 g/mol. The van der Waals surface area contributed by atoms with Gasteiger partial charge in [0.25, 0.3) is 0 Å². The van der Waals surface area contributed by atoms with Crippen LogP contribution < -0.4 is 0 Å². The van der Waals surface area contributed by atoms with Gasteiger partial charge >= 0.3 is 5.97 Å². The van der Waals surface area contributed by atoms with Crippen LogP contribution in [0.1, 0.15) is 26.0 Å². The van der Waals surface area contributed by atoms with E-state index >= 15 is 0 Å². The highest BCUT2D eigenvalue weighted by molar-refractivity contribution is 5.84. The molecule has 1 unspecified atom stereocenters. The van der Waals surface area contributed by atoms with Crippen molar-refractivity contribution >= 4 is 11.9 Å². The maximum absolute atomic E-state index is 12.1. The first-order chi connectivity index (χ1) is 8.91. The van der Waals surface area contributed by atoms with E-state index in [9.17, 15) is 14.7 Å². The molecule has 0 spiro atoms. The van der Waals surface area contributed by atoms with Gasteiger partial charge in [-0.25, -0.2) is 4.79 Å². The predicted molar refractivity (Wildman–Crippen MR) is 71.6 cm³/mol. The van der Waals surface area contributed by atoms with Crippen molar-refractivity contribution in [2.75, 3.05) is 7.05 Å². The maximum atomic E-state index is 12.1. The van der Waals surface area contributed by atoms with Gasteiger partial charge in [0.2, 0.25) is 5.91 Å². The Morgan fingerprint density at radius 1 is 1.37 bits per heavy atom. The van der Waals surface area contributed by atoms with Gasteiger partial charge in [-0.05, 0) is 24.5 Å². The minimum atomic E-state index is -0.967. The van der Waals surface area contributed by atoms with Crippen molar-refractivity contribution in [3.05, 3.63) is 30.1 Å². The standard InChI is InChI=1S/C14H20N2O3/c1-10(2)8-12(14(18)19)16(3)13(17)9-11-6-4-5-7-15-11/h4-7,10,12H,8-9H2,1-3H3,(H,18,19). The van der Waals surface area contributed by atoms with Crippen molar-refractivity contribution in [1.82, 2.24) is 9.88 Å². The fourth-order valence-electron chi connectivity index (χ4n) is 1.83. The largest absolute Gasteiger partial charge is 0.480 e. The summed E-state index contributed by atoms with van der Waals surface area (Å²) in [4.78, 5) is 28.7. The number of likely N-dealkylation sites (N-methyl/N-ethyl adjacent to an activating group) is 1. The monoisotopic (exact) mass is 264 g/mol. The van der Waals surface area contributed by atoms with Crippen LogP contribution in [-0.4, -0.2) is 40.0 Å². The maximum Gasteiger partial charge on any atom is 0.326 e. The molecule has 0 bridgehead atoms. The Morgan fingerprint density at radius 2 is 2.05 bits per heavy atom. The van der Waals surface area contributed by atoms with Gasteiger partial charge in [-0.1, -0.05) is 19.9 Å². The molecule has 0 radical (unpaired) electrons. The molecule has 1 rings (SSSR count). The van der Waals surface area contributed by atoms with Crippen LogP contribution >= 0.6 is 0 Å².